The van der Waals surface area contributed by atoms with E-state index in [0.29, 0.717) is 23.9 Å². The molecule has 6 nitrogen and oxygen atoms in total. The van der Waals surface area contributed by atoms with Crippen LogP contribution in [0.2, 0.25) is 0 Å². The van der Waals surface area contributed by atoms with Crippen LogP contribution in [0, 0.1) is 0 Å². The summed E-state index contributed by atoms with van der Waals surface area (Å²) < 4.78 is 5.13. The van der Waals surface area contributed by atoms with Crippen LogP contribution in [0.5, 0.6) is 5.75 Å². The molecule has 0 unspecified atom stereocenters. The molecule has 0 fully saturated rings. The predicted octanol–water partition coefficient (Wildman–Crippen LogP) is 1.75. The highest BCUT2D eigenvalue weighted by molar-refractivity contribution is 5.74. The van der Waals surface area contributed by atoms with E-state index < -0.39 is 0 Å². The van der Waals surface area contributed by atoms with Crippen LogP contribution in [-0.4, -0.2) is 31.2 Å². The van der Waals surface area contributed by atoms with E-state index in [0.717, 1.165) is 11.3 Å². The van der Waals surface area contributed by atoms with Gasteiger partial charge in [-0.05, 0) is 17.7 Å². The van der Waals surface area contributed by atoms with Gasteiger partial charge in [0, 0.05) is 20.6 Å². The van der Waals surface area contributed by atoms with Gasteiger partial charge < -0.3 is 20.7 Å². The third kappa shape index (κ3) is 3.09. The van der Waals surface area contributed by atoms with E-state index in [1.165, 1.54) is 6.33 Å². The Bertz CT molecular complexity index is 568. The van der Waals surface area contributed by atoms with E-state index in [9.17, 15) is 0 Å². The van der Waals surface area contributed by atoms with Crippen LogP contribution in [0.4, 0.5) is 17.3 Å². The van der Waals surface area contributed by atoms with E-state index in [2.05, 4.69) is 15.3 Å². The topological polar surface area (TPSA) is 76.3 Å². The molecule has 2 aromatic rings. The highest BCUT2D eigenvalue weighted by atomic mass is 16.5. The average Bonchev–Trinajstić information content (AvgIpc) is 2.46. The van der Waals surface area contributed by atoms with Gasteiger partial charge in [0.2, 0.25) is 0 Å². The molecule has 3 N–H and O–H groups in total. The summed E-state index contributed by atoms with van der Waals surface area (Å²) in [5, 5.41) is 3.22. The van der Waals surface area contributed by atoms with Crippen LogP contribution < -0.4 is 20.7 Å². The molecule has 0 saturated heterocycles. The first-order valence-corrected chi connectivity index (χ1v) is 6.26. The number of benzene rings is 1. The van der Waals surface area contributed by atoms with Crippen molar-refractivity contribution in [3.63, 3.8) is 0 Å². The maximum absolute atomic E-state index is 6.04. The standard InChI is InChI=1S/C14H19N5O/c1-19(2)14-12(15)13(17-9-18-14)16-8-10-4-6-11(20-3)7-5-10/h4-7,9H,8,15H2,1-3H3,(H,16,17,18). The van der Waals surface area contributed by atoms with Crippen molar-refractivity contribution in [3.8, 4) is 5.75 Å². The van der Waals surface area contributed by atoms with Crippen molar-refractivity contribution in [3.05, 3.63) is 36.2 Å². The van der Waals surface area contributed by atoms with Crippen LogP contribution in [0.25, 0.3) is 0 Å². The molecule has 0 saturated carbocycles. The second-order valence-electron chi connectivity index (χ2n) is 4.56. The van der Waals surface area contributed by atoms with Crippen molar-refractivity contribution >= 4 is 17.3 Å². The Kier molecular flexibility index (Phi) is 4.24. The summed E-state index contributed by atoms with van der Waals surface area (Å²) in [5.74, 6) is 2.18. The van der Waals surface area contributed by atoms with Gasteiger partial charge in [0.15, 0.2) is 11.6 Å². The van der Waals surface area contributed by atoms with Crippen molar-refractivity contribution in [1.82, 2.24) is 9.97 Å². The zero-order valence-corrected chi connectivity index (χ0v) is 11.9. The lowest BCUT2D eigenvalue weighted by Gasteiger charge is -2.16. The molecular weight excluding hydrogens is 254 g/mol. The van der Waals surface area contributed by atoms with E-state index in [1.807, 2.05) is 43.3 Å². The summed E-state index contributed by atoms with van der Waals surface area (Å²) in [6, 6.07) is 7.84. The maximum Gasteiger partial charge on any atom is 0.156 e. The molecule has 0 radical (unpaired) electrons. The zero-order chi connectivity index (χ0) is 14.5. The van der Waals surface area contributed by atoms with Gasteiger partial charge in [-0.25, -0.2) is 9.97 Å². The molecule has 6 heteroatoms. The van der Waals surface area contributed by atoms with Gasteiger partial charge in [-0.2, -0.15) is 0 Å². The van der Waals surface area contributed by atoms with Gasteiger partial charge in [-0.3, -0.25) is 0 Å². The van der Waals surface area contributed by atoms with Crippen molar-refractivity contribution < 1.29 is 4.74 Å². The molecule has 0 amide bonds. The molecule has 2 rings (SSSR count). The van der Waals surface area contributed by atoms with Gasteiger partial charge in [-0.15, -0.1) is 0 Å². The number of aromatic nitrogens is 2. The van der Waals surface area contributed by atoms with E-state index in [-0.39, 0.29) is 0 Å². The molecule has 1 heterocycles. The SMILES string of the molecule is COc1ccc(CNc2ncnc(N(C)C)c2N)cc1. The lowest BCUT2D eigenvalue weighted by molar-refractivity contribution is 0.414. The third-order valence-corrected chi connectivity index (χ3v) is 2.91. The van der Waals surface area contributed by atoms with Crippen LogP contribution in [0.1, 0.15) is 5.56 Å². The molecule has 20 heavy (non-hydrogen) atoms. The molecule has 1 aromatic carbocycles. The number of ether oxygens (including phenoxy) is 1. The fourth-order valence-electron chi connectivity index (χ4n) is 1.81. The molecule has 0 spiro atoms. The Morgan fingerprint density at radius 1 is 1.20 bits per heavy atom. The monoisotopic (exact) mass is 273 g/mol. The highest BCUT2D eigenvalue weighted by Gasteiger charge is 2.09. The number of rotatable bonds is 5. The first-order valence-electron chi connectivity index (χ1n) is 6.26. The molecule has 106 valence electrons. The Balaban J connectivity index is 2.08. The Labute approximate surface area is 118 Å². The minimum Gasteiger partial charge on any atom is -0.497 e. The number of anilines is 3. The summed E-state index contributed by atoms with van der Waals surface area (Å²) in [5.41, 5.74) is 7.71. The summed E-state index contributed by atoms with van der Waals surface area (Å²) in [6.07, 6.45) is 1.50. The lowest BCUT2D eigenvalue weighted by atomic mass is 10.2. The first-order chi connectivity index (χ1) is 9.61. The van der Waals surface area contributed by atoms with Crippen molar-refractivity contribution in [2.45, 2.75) is 6.54 Å². The summed E-state index contributed by atoms with van der Waals surface area (Å²) >= 11 is 0. The second kappa shape index (κ2) is 6.10. The minimum atomic E-state index is 0.547. The van der Waals surface area contributed by atoms with Gasteiger partial charge in [0.25, 0.3) is 0 Å². The largest absolute Gasteiger partial charge is 0.497 e. The summed E-state index contributed by atoms with van der Waals surface area (Å²) in [4.78, 5) is 10.2. The molecule has 0 bridgehead atoms. The van der Waals surface area contributed by atoms with Gasteiger partial charge in [0.1, 0.15) is 17.8 Å². The highest BCUT2D eigenvalue weighted by Crippen LogP contribution is 2.24. The Morgan fingerprint density at radius 2 is 1.90 bits per heavy atom. The number of nitrogens with zero attached hydrogens (tertiary/aromatic N) is 3. The smallest absolute Gasteiger partial charge is 0.156 e. The lowest BCUT2D eigenvalue weighted by Crippen LogP contribution is -2.15. The minimum absolute atomic E-state index is 0.547. The molecule has 0 aliphatic carbocycles. The Morgan fingerprint density at radius 3 is 2.50 bits per heavy atom. The average molecular weight is 273 g/mol. The van der Waals surface area contributed by atoms with Crippen LogP contribution >= 0.6 is 0 Å². The number of nitrogens with one attached hydrogen (secondary N) is 1. The fourth-order valence-corrected chi connectivity index (χ4v) is 1.81. The number of methoxy groups -OCH3 is 1. The van der Waals surface area contributed by atoms with E-state index in [4.69, 9.17) is 10.5 Å². The van der Waals surface area contributed by atoms with E-state index >= 15 is 0 Å². The fraction of sp³-hybridized carbons (Fsp3) is 0.286. The summed E-state index contributed by atoms with van der Waals surface area (Å²) in [7, 11) is 5.44. The third-order valence-electron chi connectivity index (χ3n) is 2.91. The van der Waals surface area contributed by atoms with Gasteiger partial charge in [0.05, 0.1) is 7.11 Å². The van der Waals surface area contributed by atoms with Crippen molar-refractivity contribution in [1.29, 1.82) is 0 Å². The normalized spacial score (nSPS) is 10.2. The summed E-state index contributed by atoms with van der Waals surface area (Å²) in [6.45, 7) is 0.637. The number of nitrogen functional groups attached to an aromatic ring is 1. The van der Waals surface area contributed by atoms with Crippen molar-refractivity contribution in [2.24, 2.45) is 0 Å². The van der Waals surface area contributed by atoms with Gasteiger partial charge >= 0.3 is 0 Å². The number of nitrogens with two attached hydrogens (primary N) is 1. The number of hydrogen-bond donors (Lipinski definition) is 2. The predicted molar refractivity (Wildman–Crippen MR) is 81.1 cm³/mol. The van der Waals surface area contributed by atoms with Crippen LogP contribution in [0.15, 0.2) is 30.6 Å². The van der Waals surface area contributed by atoms with Crippen LogP contribution in [0.3, 0.4) is 0 Å². The molecule has 0 aliphatic rings. The molecule has 0 aliphatic heterocycles. The van der Waals surface area contributed by atoms with Crippen LogP contribution in [-0.2, 0) is 6.54 Å². The molecule has 1 aromatic heterocycles. The Hall–Kier alpha value is -2.50. The second-order valence-corrected chi connectivity index (χ2v) is 4.56. The molecule has 0 atom stereocenters. The van der Waals surface area contributed by atoms with Gasteiger partial charge in [-0.1, -0.05) is 12.1 Å². The number of hydrogen-bond acceptors (Lipinski definition) is 6. The molecular formula is C14H19N5O. The zero-order valence-electron chi connectivity index (χ0n) is 11.9. The van der Waals surface area contributed by atoms with Crippen molar-refractivity contribution in [2.75, 3.05) is 37.2 Å². The maximum atomic E-state index is 6.04. The quantitative estimate of drug-likeness (QED) is 0.864. The van der Waals surface area contributed by atoms with E-state index in [1.54, 1.807) is 7.11 Å². The first kappa shape index (κ1) is 13.9.